The number of nitro groups is 1. The van der Waals surface area contributed by atoms with E-state index in [1.54, 1.807) is 0 Å². The van der Waals surface area contributed by atoms with Crippen molar-refractivity contribution in [1.29, 1.82) is 0 Å². The normalized spacial score (nSPS) is 11.6. The van der Waals surface area contributed by atoms with E-state index in [0.717, 1.165) is 6.07 Å². The average molecular weight is 318 g/mol. The van der Waals surface area contributed by atoms with Crippen LogP contribution in [0, 0.1) is 10.1 Å². The van der Waals surface area contributed by atoms with Gasteiger partial charge in [0.15, 0.2) is 0 Å². The van der Waals surface area contributed by atoms with Crippen molar-refractivity contribution < 1.29 is 18.1 Å². The number of halogens is 5. The van der Waals surface area contributed by atoms with Crippen LogP contribution in [0.1, 0.15) is 11.1 Å². The molecule has 1 rings (SSSR count). The van der Waals surface area contributed by atoms with Crippen molar-refractivity contribution in [3.8, 4) is 0 Å². The van der Waals surface area contributed by atoms with Crippen LogP contribution in [0.3, 0.4) is 0 Å². The second-order valence-corrected chi connectivity index (χ2v) is 3.88. The van der Waals surface area contributed by atoms with Gasteiger partial charge < -0.3 is 0 Å². The van der Waals surface area contributed by atoms with Crippen LogP contribution >= 0.6 is 27.5 Å². The third-order valence-corrected chi connectivity index (χ3v) is 3.00. The van der Waals surface area contributed by atoms with Gasteiger partial charge in [0, 0.05) is 5.88 Å². The molecule has 0 aliphatic carbocycles. The minimum Gasteiger partial charge on any atom is -0.258 e. The molecule has 0 aromatic heterocycles. The Morgan fingerprint density at radius 1 is 1.44 bits per heavy atom. The lowest BCUT2D eigenvalue weighted by Gasteiger charge is -2.10. The summed E-state index contributed by atoms with van der Waals surface area (Å²) in [6.07, 6.45) is -4.77. The molecule has 0 N–H and O–H groups in total. The Labute approximate surface area is 101 Å². The Balaban J connectivity index is 3.53. The molecule has 0 saturated carbocycles. The van der Waals surface area contributed by atoms with Crippen molar-refractivity contribution in [3.05, 3.63) is 37.8 Å². The lowest BCUT2D eigenvalue weighted by Crippen LogP contribution is -2.10. The van der Waals surface area contributed by atoms with Gasteiger partial charge in [-0.1, -0.05) is 6.07 Å². The Kier molecular flexibility index (Phi) is 3.80. The molecule has 3 nitrogen and oxygen atoms in total. The molecule has 16 heavy (non-hydrogen) atoms. The van der Waals surface area contributed by atoms with E-state index in [4.69, 9.17) is 11.6 Å². The number of rotatable bonds is 2. The van der Waals surface area contributed by atoms with Crippen molar-refractivity contribution in [3.63, 3.8) is 0 Å². The summed E-state index contributed by atoms with van der Waals surface area (Å²) in [4.78, 5) is 9.51. The summed E-state index contributed by atoms with van der Waals surface area (Å²) >= 11 is 8.20. The maximum atomic E-state index is 12.5. The number of nitrogens with zero attached hydrogens (tertiary/aromatic N) is 1. The molecule has 1 aromatic rings. The largest absolute Gasteiger partial charge is 0.423 e. The molecule has 0 unspecified atom stereocenters. The average Bonchev–Trinajstić information content (AvgIpc) is 2.15. The van der Waals surface area contributed by atoms with Crippen molar-refractivity contribution >= 4 is 33.2 Å². The predicted molar refractivity (Wildman–Crippen MR) is 55.4 cm³/mol. The smallest absolute Gasteiger partial charge is 0.258 e. The lowest BCUT2D eigenvalue weighted by molar-refractivity contribution is -0.388. The number of nitro benzene ring substituents is 1. The summed E-state index contributed by atoms with van der Waals surface area (Å²) < 4.78 is 37.2. The molecular formula is C8H4BrClF3NO2. The molecule has 88 valence electrons. The van der Waals surface area contributed by atoms with Crippen LogP contribution < -0.4 is 0 Å². The van der Waals surface area contributed by atoms with Gasteiger partial charge in [0.1, 0.15) is 10.0 Å². The number of hydrogen-bond acceptors (Lipinski definition) is 2. The molecule has 0 radical (unpaired) electrons. The van der Waals surface area contributed by atoms with Crippen LogP contribution in [0.4, 0.5) is 18.9 Å². The summed E-state index contributed by atoms with van der Waals surface area (Å²) in [6, 6.07) is 1.76. The first kappa shape index (κ1) is 13.2. The number of benzene rings is 1. The van der Waals surface area contributed by atoms with Crippen LogP contribution in [0.25, 0.3) is 0 Å². The van der Waals surface area contributed by atoms with Gasteiger partial charge in [-0.3, -0.25) is 10.1 Å². The third-order valence-electron chi connectivity index (χ3n) is 1.83. The maximum Gasteiger partial charge on any atom is 0.423 e. The summed E-state index contributed by atoms with van der Waals surface area (Å²) in [5.74, 6) is -0.112. The first-order valence-electron chi connectivity index (χ1n) is 3.88. The summed E-state index contributed by atoms with van der Waals surface area (Å²) in [5.41, 5.74) is -2.06. The predicted octanol–water partition coefficient (Wildman–Crippen LogP) is 4.11. The SMILES string of the molecule is O=[N+]([O-])c1c(C(F)(F)F)ccc(CCl)c1Br. The zero-order chi connectivity index (χ0) is 12.5. The molecule has 0 heterocycles. The molecule has 0 aliphatic heterocycles. The zero-order valence-electron chi connectivity index (χ0n) is 7.52. The summed E-state index contributed by atoms with van der Waals surface area (Å²) in [7, 11) is 0. The topological polar surface area (TPSA) is 43.1 Å². The van der Waals surface area contributed by atoms with Crippen molar-refractivity contribution in [2.75, 3.05) is 0 Å². The highest BCUT2D eigenvalue weighted by Gasteiger charge is 2.40. The molecule has 0 amide bonds. The zero-order valence-corrected chi connectivity index (χ0v) is 9.86. The first-order valence-corrected chi connectivity index (χ1v) is 5.20. The van der Waals surface area contributed by atoms with E-state index in [1.807, 2.05) is 0 Å². The molecule has 0 bridgehead atoms. The van der Waals surface area contributed by atoms with Crippen LogP contribution in [-0.4, -0.2) is 4.92 Å². The van der Waals surface area contributed by atoms with Gasteiger partial charge in [-0.15, -0.1) is 11.6 Å². The van der Waals surface area contributed by atoms with Gasteiger partial charge >= 0.3 is 6.18 Å². The Morgan fingerprint density at radius 2 is 2.00 bits per heavy atom. The van der Waals surface area contributed by atoms with Crippen LogP contribution in [-0.2, 0) is 12.1 Å². The lowest BCUT2D eigenvalue weighted by atomic mass is 10.1. The Hall–Kier alpha value is -0.820. The summed E-state index contributed by atoms with van der Waals surface area (Å²) in [5, 5.41) is 10.6. The van der Waals surface area contributed by atoms with Gasteiger partial charge in [0.2, 0.25) is 0 Å². The van der Waals surface area contributed by atoms with Gasteiger partial charge in [-0.05, 0) is 27.6 Å². The molecule has 1 aromatic carbocycles. The van der Waals surface area contributed by atoms with E-state index in [-0.39, 0.29) is 15.9 Å². The van der Waals surface area contributed by atoms with E-state index in [2.05, 4.69) is 15.9 Å². The van der Waals surface area contributed by atoms with Gasteiger partial charge in [-0.2, -0.15) is 13.2 Å². The standard InChI is InChI=1S/C8H4BrClF3NO2/c9-6-4(3-10)1-2-5(8(11,12)13)7(6)14(15)16/h1-2H,3H2. The Morgan fingerprint density at radius 3 is 2.38 bits per heavy atom. The van der Waals surface area contributed by atoms with E-state index >= 15 is 0 Å². The second kappa shape index (κ2) is 4.58. The minimum absolute atomic E-state index is 0.112. The fraction of sp³-hybridized carbons (Fsp3) is 0.250. The van der Waals surface area contributed by atoms with Crippen molar-refractivity contribution in [1.82, 2.24) is 0 Å². The third kappa shape index (κ3) is 2.46. The Bertz CT molecular complexity index is 436. The molecular weight excluding hydrogens is 314 g/mol. The van der Waals surface area contributed by atoms with E-state index in [0.29, 0.717) is 6.07 Å². The first-order chi connectivity index (χ1) is 7.29. The van der Waals surface area contributed by atoms with Crippen LogP contribution in [0.2, 0.25) is 0 Å². The molecule has 8 heteroatoms. The van der Waals surface area contributed by atoms with Crippen molar-refractivity contribution in [2.45, 2.75) is 12.1 Å². The molecule has 0 atom stereocenters. The van der Waals surface area contributed by atoms with Crippen LogP contribution in [0.5, 0.6) is 0 Å². The highest BCUT2D eigenvalue weighted by Crippen LogP contribution is 2.41. The minimum atomic E-state index is -4.77. The summed E-state index contributed by atoms with van der Waals surface area (Å²) in [6.45, 7) is 0. The molecule has 0 saturated heterocycles. The quantitative estimate of drug-likeness (QED) is 0.468. The second-order valence-electron chi connectivity index (χ2n) is 2.82. The van der Waals surface area contributed by atoms with E-state index in [1.165, 1.54) is 0 Å². The monoisotopic (exact) mass is 317 g/mol. The van der Waals surface area contributed by atoms with E-state index in [9.17, 15) is 23.3 Å². The molecule has 0 fully saturated rings. The highest BCUT2D eigenvalue weighted by atomic mass is 79.9. The van der Waals surface area contributed by atoms with E-state index < -0.39 is 22.4 Å². The van der Waals surface area contributed by atoms with Crippen molar-refractivity contribution in [2.24, 2.45) is 0 Å². The van der Waals surface area contributed by atoms with Gasteiger partial charge in [0.05, 0.1) is 4.92 Å². The van der Waals surface area contributed by atoms with Gasteiger partial charge in [-0.25, -0.2) is 0 Å². The molecule has 0 spiro atoms. The fourth-order valence-corrected chi connectivity index (χ4v) is 2.13. The highest BCUT2D eigenvalue weighted by molar-refractivity contribution is 9.10. The maximum absolute atomic E-state index is 12.5. The fourth-order valence-electron chi connectivity index (χ4n) is 1.12. The number of alkyl halides is 4. The molecule has 0 aliphatic rings. The number of hydrogen-bond donors (Lipinski definition) is 0. The van der Waals surface area contributed by atoms with Gasteiger partial charge in [0.25, 0.3) is 5.69 Å². The van der Waals surface area contributed by atoms with Crippen LogP contribution in [0.15, 0.2) is 16.6 Å².